The van der Waals surface area contributed by atoms with Crippen molar-refractivity contribution in [2.45, 2.75) is 20.3 Å². The molecule has 5 nitrogen and oxygen atoms in total. The van der Waals surface area contributed by atoms with Gasteiger partial charge in [-0.15, -0.1) is 0 Å². The summed E-state index contributed by atoms with van der Waals surface area (Å²) < 4.78 is 0. The summed E-state index contributed by atoms with van der Waals surface area (Å²) in [6.07, 6.45) is 2.82. The quantitative estimate of drug-likeness (QED) is 0.740. The number of hydrogen-bond acceptors (Lipinski definition) is 4. The number of aromatic nitrogens is 1. The number of carbonyl (C=O) groups is 1. The summed E-state index contributed by atoms with van der Waals surface area (Å²) in [4.78, 5) is 17.9. The van der Waals surface area contributed by atoms with Crippen LogP contribution < -0.4 is 10.6 Å². The Hall–Kier alpha value is -1.62. The molecule has 0 saturated carbocycles. The lowest BCUT2D eigenvalue weighted by Gasteiger charge is -2.11. The van der Waals surface area contributed by atoms with Crippen LogP contribution in [0.25, 0.3) is 0 Å². The lowest BCUT2D eigenvalue weighted by Crippen LogP contribution is -2.18. The lowest BCUT2D eigenvalue weighted by atomic mass is 10.2. The van der Waals surface area contributed by atoms with Crippen molar-refractivity contribution in [1.29, 1.82) is 0 Å². The minimum atomic E-state index is -0.0364. The van der Waals surface area contributed by atoms with Crippen molar-refractivity contribution in [3.05, 3.63) is 18.3 Å². The van der Waals surface area contributed by atoms with Gasteiger partial charge in [-0.2, -0.15) is 0 Å². The molecule has 2 N–H and O–H groups in total. The summed E-state index contributed by atoms with van der Waals surface area (Å²) in [6.45, 7) is 5.69. The smallest absolute Gasteiger partial charge is 0.228 e. The molecule has 0 aliphatic carbocycles. The molecule has 0 aliphatic heterocycles. The van der Waals surface area contributed by atoms with E-state index in [-0.39, 0.29) is 11.8 Å². The van der Waals surface area contributed by atoms with Crippen LogP contribution in [0.15, 0.2) is 18.3 Å². The highest BCUT2D eigenvalue weighted by Crippen LogP contribution is 2.10. The second kappa shape index (κ2) is 7.74. The van der Waals surface area contributed by atoms with Gasteiger partial charge >= 0.3 is 0 Å². The zero-order chi connectivity index (χ0) is 14.3. The van der Waals surface area contributed by atoms with Gasteiger partial charge in [0.05, 0.1) is 11.9 Å². The van der Waals surface area contributed by atoms with Gasteiger partial charge in [-0.25, -0.2) is 4.98 Å². The number of nitrogens with one attached hydrogen (secondary N) is 2. The standard InChI is InChI=1S/C14H24N4O/c1-11(2)14(19)17-13-7-6-12(10-16-13)15-8-5-9-18(3)4/h6-7,10-11,15H,5,8-9H2,1-4H3,(H,16,17,19). The van der Waals surface area contributed by atoms with Crippen molar-refractivity contribution in [2.75, 3.05) is 37.8 Å². The molecule has 0 unspecified atom stereocenters. The third-order valence-electron chi connectivity index (χ3n) is 2.65. The Labute approximate surface area is 115 Å². The maximum atomic E-state index is 11.5. The highest BCUT2D eigenvalue weighted by atomic mass is 16.1. The fourth-order valence-electron chi connectivity index (χ4n) is 1.47. The van der Waals surface area contributed by atoms with Gasteiger partial charge in [-0.05, 0) is 39.2 Å². The molecule has 1 amide bonds. The van der Waals surface area contributed by atoms with Gasteiger partial charge in [0.15, 0.2) is 0 Å². The van der Waals surface area contributed by atoms with Gasteiger partial charge in [0.25, 0.3) is 0 Å². The Balaban J connectivity index is 2.37. The molecule has 1 rings (SSSR count). The third kappa shape index (κ3) is 6.20. The number of rotatable bonds is 7. The third-order valence-corrected chi connectivity index (χ3v) is 2.65. The van der Waals surface area contributed by atoms with Crippen LogP contribution in [-0.2, 0) is 4.79 Å². The number of anilines is 2. The van der Waals surface area contributed by atoms with E-state index in [9.17, 15) is 4.79 Å². The van der Waals surface area contributed by atoms with E-state index in [1.54, 1.807) is 6.20 Å². The van der Waals surface area contributed by atoms with E-state index in [0.717, 1.165) is 25.2 Å². The summed E-state index contributed by atoms with van der Waals surface area (Å²) in [7, 11) is 4.13. The van der Waals surface area contributed by atoms with Crippen LogP contribution in [0.2, 0.25) is 0 Å². The van der Waals surface area contributed by atoms with Gasteiger partial charge in [0.2, 0.25) is 5.91 Å². The second-order valence-corrected chi connectivity index (χ2v) is 5.16. The second-order valence-electron chi connectivity index (χ2n) is 5.16. The van der Waals surface area contributed by atoms with E-state index >= 15 is 0 Å². The Bertz CT molecular complexity index is 387. The van der Waals surface area contributed by atoms with Gasteiger partial charge < -0.3 is 15.5 Å². The molecular formula is C14H24N4O. The maximum absolute atomic E-state index is 11.5. The summed E-state index contributed by atoms with van der Waals surface area (Å²) in [5.41, 5.74) is 0.973. The fourth-order valence-corrected chi connectivity index (χ4v) is 1.47. The molecule has 1 aromatic heterocycles. The van der Waals surface area contributed by atoms with Crippen LogP contribution in [0.1, 0.15) is 20.3 Å². The molecule has 1 heterocycles. The SMILES string of the molecule is CC(C)C(=O)Nc1ccc(NCCCN(C)C)cn1. The number of pyridine rings is 1. The maximum Gasteiger partial charge on any atom is 0.228 e. The highest BCUT2D eigenvalue weighted by molar-refractivity contribution is 5.91. The normalized spacial score (nSPS) is 10.8. The summed E-state index contributed by atoms with van der Waals surface area (Å²) >= 11 is 0. The topological polar surface area (TPSA) is 57.3 Å². The monoisotopic (exact) mass is 264 g/mol. The molecule has 0 aliphatic rings. The molecule has 19 heavy (non-hydrogen) atoms. The highest BCUT2D eigenvalue weighted by Gasteiger charge is 2.07. The van der Waals surface area contributed by atoms with Crippen molar-refractivity contribution < 1.29 is 4.79 Å². The molecule has 5 heteroatoms. The molecule has 0 fully saturated rings. The molecule has 0 atom stereocenters. The first-order valence-electron chi connectivity index (χ1n) is 6.64. The van der Waals surface area contributed by atoms with Crippen molar-refractivity contribution in [3.63, 3.8) is 0 Å². The van der Waals surface area contributed by atoms with E-state index in [4.69, 9.17) is 0 Å². The van der Waals surface area contributed by atoms with Crippen molar-refractivity contribution in [1.82, 2.24) is 9.88 Å². The summed E-state index contributed by atoms with van der Waals surface area (Å²) in [5, 5.41) is 6.07. The average Bonchev–Trinajstić information content (AvgIpc) is 2.36. The Morgan fingerprint density at radius 2 is 2.11 bits per heavy atom. The Morgan fingerprint density at radius 3 is 2.63 bits per heavy atom. The van der Waals surface area contributed by atoms with Crippen LogP contribution in [-0.4, -0.2) is 43.0 Å². The van der Waals surface area contributed by atoms with Crippen LogP contribution in [0.5, 0.6) is 0 Å². The first-order chi connectivity index (χ1) is 8.99. The first kappa shape index (κ1) is 15.4. The molecule has 0 aromatic carbocycles. The van der Waals surface area contributed by atoms with E-state index in [2.05, 4.69) is 34.6 Å². The zero-order valence-corrected chi connectivity index (χ0v) is 12.2. The van der Waals surface area contributed by atoms with E-state index < -0.39 is 0 Å². The minimum absolute atomic E-state index is 0.0146. The largest absolute Gasteiger partial charge is 0.384 e. The van der Waals surface area contributed by atoms with Gasteiger partial charge in [-0.3, -0.25) is 4.79 Å². The Kier molecular flexibility index (Phi) is 6.29. The molecule has 0 bridgehead atoms. The summed E-state index contributed by atoms with van der Waals surface area (Å²) in [5.74, 6) is 0.544. The lowest BCUT2D eigenvalue weighted by molar-refractivity contribution is -0.118. The van der Waals surface area contributed by atoms with E-state index in [1.165, 1.54) is 0 Å². The van der Waals surface area contributed by atoms with E-state index in [0.29, 0.717) is 5.82 Å². The fraction of sp³-hybridized carbons (Fsp3) is 0.571. The number of nitrogens with zero attached hydrogens (tertiary/aromatic N) is 2. The van der Waals surface area contributed by atoms with Crippen LogP contribution in [0, 0.1) is 5.92 Å². The molecular weight excluding hydrogens is 240 g/mol. The average molecular weight is 264 g/mol. The molecule has 1 aromatic rings. The summed E-state index contributed by atoms with van der Waals surface area (Å²) in [6, 6.07) is 3.74. The van der Waals surface area contributed by atoms with E-state index in [1.807, 2.05) is 26.0 Å². The van der Waals surface area contributed by atoms with Gasteiger partial charge in [0.1, 0.15) is 5.82 Å². The number of hydrogen-bond donors (Lipinski definition) is 2. The predicted octanol–water partition coefficient (Wildman–Crippen LogP) is 2.04. The number of amides is 1. The molecule has 106 valence electrons. The first-order valence-corrected chi connectivity index (χ1v) is 6.64. The van der Waals surface area contributed by atoms with Crippen molar-refractivity contribution in [3.8, 4) is 0 Å². The van der Waals surface area contributed by atoms with Crippen LogP contribution >= 0.6 is 0 Å². The van der Waals surface area contributed by atoms with Crippen molar-refractivity contribution in [2.24, 2.45) is 5.92 Å². The zero-order valence-electron chi connectivity index (χ0n) is 12.2. The minimum Gasteiger partial charge on any atom is -0.384 e. The predicted molar refractivity (Wildman–Crippen MR) is 79.4 cm³/mol. The molecule has 0 spiro atoms. The molecule has 0 saturated heterocycles. The molecule has 0 radical (unpaired) electrons. The van der Waals surface area contributed by atoms with Crippen LogP contribution in [0.3, 0.4) is 0 Å². The van der Waals surface area contributed by atoms with Crippen molar-refractivity contribution >= 4 is 17.4 Å². The van der Waals surface area contributed by atoms with Crippen LogP contribution in [0.4, 0.5) is 11.5 Å². The Morgan fingerprint density at radius 1 is 1.37 bits per heavy atom. The van der Waals surface area contributed by atoms with Gasteiger partial charge in [-0.1, -0.05) is 13.8 Å². The van der Waals surface area contributed by atoms with Gasteiger partial charge in [0, 0.05) is 12.5 Å². The number of carbonyl (C=O) groups excluding carboxylic acids is 1.